The number of hydrogen-bond acceptors (Lipinski definition) is 2. The summed E-state index contributed by atoms with van der Waals surface area (Å²) in [5.41, 5.74) is 0.615. The van der Waals surface area contributed by atoms with Gasteiger partial charge in [0.25, 0.3) is 0 Å². The Labute approximate surface area is 113 Å². The second-order valence-corrected chi connectivity index (χ2v) is 8.42. The third-order valence-corrected chi connectivity index (χ3v) is 4.80. The zero-order valence-corrected chi connectivity index (χ0v) is 13.8. The minimum Gasteiger partial charge on any atom is -0.198 e. The van der Waals surface area contributed by atoms with Gasteiger partial charge in [0.15, 0.2) is 0 Å². The highest BCUT2D eigenvalue weighted by Crippen LogP contribution is 2.61. The van der Waals surface area contributed by atoms with Crippen molar-refractivity contribution in [3.63, 3.8) is 0 Å². The van der Waals surface area contributed by atoms with Crippen molar-refractivity contribution < 1.29 is 9.78 Å². The van der Waals surface area contributed by atoms with Crippen LogP contribution in [0.4, 0.5) is 0 Å². The molecule has 1 rings (SSSR count). The maximum absolute atomic E-state index is 5.15. The van der Waals surface area contributed by atoms with E-state index in [0.29, 0.717) is 11.8 Å². The molecule has 0 aromatic carbocycles. The van der Waals surface area contributed by atoms with Crippen LogP contribution in [0.2, 0.25) is 0 Å². The summed E-state index contributed by atoms with van der Waals surface area (Å²) >= 11 is 0. The van der Waals surface area contributed by atoms with Gasteiger partial charge in [-0.15, -0.1) is 0 Å². The van der Waals surface area contributed by atoms with Crippen molar-refractivity contribution in [1.29, 1.82) is 0 Å². The Balaban J connectivity index is 3.25. The van der Waals surface area contributed by atoms with Crippen molar-refractivity contribution in [2.75, 3.05) is 0 Å². The second kappa shape index (κ2) is 4.79. The lowest BCUT2D eigenvalue weighted by Crippen LogP contribution is -2.53. The first-order valence-electron chi connectivity index (χ1n) is 7.25. The Kier molecular flexibility index (Phi) is 4.25. The van der Waals surface area contributed by atoms with Crippen LogP contribution >= 0.6 is 0 Å². The van der Waals surface area contributed by atoms with E-state index in [2.05, 4.69) is 62.3 Å². The molecule has 0 bridgehead atoms. The molecular weight excluding hydrogens is 224 g/mol. The largest absolute Gasteiger partial charge is 0.227 e. The van der Waals surface area contributed by atoms with E-state index in [9.17, 15) is 0 Å². The smallest absolute Gasteiger partial charge is 0.198 e. The highest BCUT2D eigenvalue weighted by Gasteiger charge is 2.58. The van der Waals surface area contributed by atoms with Gasteiger partial charge in [-0.1, -0.05) is 62.3 Å². The molecule has 1 aliphatic rings. The molecule has 1 fully saturated rings. The van der Waals surface area contributed by atoms with Crippen LogP contribution < -0.4 is 0 Å². The van der Waals surface area contributed by atoms with Crippen LogP contribution in [0.3, 0.4) is 0 Å². The second-order valence-electron chi connectivity index (χ2n) is 8.42. The van der Waals surface area contributed by atoms with Crippen LogP contribution in [0, 0.1) is 28.1 Å². The van der Waals surface area contributed by atoms with Gasteiger partial charge in [-0.3, -0.25) is 0 Å². The molecule has 0 amide bonds. The lowest BCUT2D eigenvalue weighted by Gasteiger charge is -2.57. The first-order chi connectivity index (χ1) is 7.93. The number of hydrogen-bond donors (Lipinski definition) is 0. The Morgan fingerprint density at radius 2 is 1.22 bits per heavy atom. The highest BCUT2D eigenvalue weighted by atomic mass is 17.4. The normalized spacial score (nSPS) is 20.3. The first kappa shape index (κ1) is 16.0. The molecule has 1 saturated heterocycles. The van der Waals surface area contributed by atoms with E-state index in [1.807, 2.05) is 0 Å². The summed E-state index contributed by atoms with van der Waals surface area (Å²) < 4.78 is 0. The van der Waals surface area contributed by atoms with Crippen molar-refractivity contribution in [2.24, 2.45) is 28.1 Å². The molecule has 1 heterocycles. The van der Waals surface area contributed by atoms with Gasteiger partial charge in [0.1, 0.15) is 0 Å². The van der Waals surface area contributed by atoms with Crippen molar-refractivity contribution in [1.82, 2.24) is 0 Å². The van der Waals surface area contributed by atoms with Crippen LogP contribution in [0.5, 0.6) is 0 Å². The molecule has 0 spiro atoms. The van der Waals surface area contributed by atoms with Gasteiger partial charge in [-0.25, -0.2) is 0 Å². The standard InChI is InChI=1S/C16H32O2/c1-11(2)10-16(14(4,5)6,15(7,8)9)12(3)13-17-18-13/h11-13H,10H2,1-9H3. The minimum absolute atomic E-state index is 0.0119. The predicted octanol–water partition coefficient (Wildman–Crippen LogP) is 5.04. The van der Waals surface area contributed by atoms with Gasteiger partial charge in [-0.2, -0.15) is 9.78 Å². The fourth-order valence-corrected chi connectivity index (χ4v) is 4.36. The van der Waals surface area contributed by atoms with Crippen LogP contribution in [0.1, 0.15) is 68.7 Å². The van der Waals surface area contributed by atoms with Gasteiger partial charge >= 0.3 is 0 Å². The summed E-state index contributed by atoms with van der Waals surface area (Å²) in [6.07, 6.45) is 1.19. The monoisotopic (exact) mass is 256 g/mol. The fraction of sp³-hybridized carbons (Fsp3) is 1.00. The zero-order chi connectivity index (χ0) is 14.4. The number of rotatable bonds is 4. The molecule has 0 aliphatic carbocycles. The molecule has 1 unspecified atom stereocenters. The van der Waals surface area contributed by atoms with Gasteiger partial charge < -0.3 is 0 Å². The van der Waals surface area contributed by atoms with Gasteiger partial charge in [0.05, 0.1) is 0 Å². The van der Waals surface area contributed by atoms with Crippen LogP contribution in [-0.2, 0) is 9.78 Å². The van der Waals surface area contributed by atoms with E-state index in [1.54, 1.807) is 0 Å². The molecule has 1 atom stereocenters. The average Bonchev–Trinajstić information content (AvgIpc) is 2.91. The molecule has 1 aliphatic heterocycles. The fourth-order valence-electron chi connectivity index (χ4n) is 4.36. The van der Waals surface area contributed by atoms with E-state index in [-0.39, 0.29) is 22.5 Å². The maximum atomic E-state index is 5.15. The molecule has 0 aromatic heterocycles. The molecule has 108 valence electrons. The molecular formula is C16H32O2. The summed E-state index contributed by atoms with van der Waals surface area (Å²) in [5.74, 6) is 1.07. The van der Waals surface area contributed by atoms with Gasteiger partial charge in [0, 0.05) is 5.92 Å². The summed E-state index contributed by atoms with van der Waals surface area (Å²) in [6.45, 7) is 21.1. The molecule has 0 saturated carbocycles. The zero-order valence-electron chi connectivity index (χ0n) is 13.8. The average molecular weight is 256 g/mol. The van der Waals surface area contributed by atoms with Crippen LogP contribution in [-0.4, -0.2) is 6.29 Å². The first-order valence-corrected chi connectivity index (χ1v) is 7.25. The topological polar surface area (TPSA) is 25.1 Å². The van der Waals surface area contributed by atoms with Crippen molar-refractivity contribution in [2.45, 2.75) is 75.0 Å². The molecule has 2 nitrogen and oxygen atoms in total. The Hall–Kier alpha value is -0.0800. The lowest BCUT2D eigenvalue weighted by molar-refractivity contribution is -0.105. The molecule has 0 radical (unpaired) electrons. The van der Waals surface area contributed by atoms with Crippen molar-refractivity contribution in [3.8, 4) is 0 Å². The lowest BCUT2D eigenvalue weighted by atomic mass is 9.47. The van der Waals surface area contributed by atoms with E-state index in [1.165, 1.54) is 6.42 Å². The van der Waals surface area contributed by atoms with E-state index >= 15 is 0 Å². The van der Waals surface area contributed by atoms with Crippen LogP contribution in [0.25, 0.3) is 0 Å². The molecule has 0 N–H and O–H groups in total. The quantitative estimate of drug-likeness (QED) is 0.520. The van der Waals surface area contributed by atoms with Crippen LogP contribution in [0.15, 0.2) is 0 Å². The summed E-state index contributed by atoms with van der Waals surface area (Å²) in [5, 5.41) is 0. The third-order valence-electron chi connectivity index (χ3n) is 4.80. The Bertz CT molecular complexity index is 262. The van der Waals surface area contributed by atoms with Crippen molar-refractivity contribution >= 4 is 0 Å². The Morgan fingerprint density at radius 3 is 1.44 bits per heavy atom. The highest BCUT2D eigenvalue weighted by molar-refractivity contribution is 5.03. The summed E-state index contributed by atoms with van der Waals surface area (Å²) in [4.78, 5) is 10.3. The van der Waals surface area contributed by atoms with Gasteiger partial charge in [0.2, 0.25) is 6.29 Å². The maximum Gasteiger partial charge on any atom is 0.227 e. The minimum atomic E-state index is -0.0119. The summed E-state index contributed by atoms with van der Waals surface area (Å²) in [7, 11) is 0. The third kappa shape index (κ3) is 2.75. The summed E-state index contributed by atoms with van der Waals surface area (Å²) in [6, 6.07) is 0. The van der Waals surface area contributed by atoms with E-state index < -0.39 is 0 Å². The molecule has 2 heteroatoms. The Morgan fingerprint density at radius 1 is 0.833 bits per heavy atom. The van der Waals surface area contributed by atoms with Gasteiger partial charge in [-0.05, 0) is 28.6 Å². The van der Waals surface area contributed by atoms with Crippen molar-refractivity contribution in [3.05, 3.63) is 0 Å². The predicted molar refractivity (Wildman–Crippen MR) is 75.9 cm³/mol. The molecule has 18 heavy (non-hydrogen) atoms. The van der Waals surface area contributed by atoms with E-state index in [4.69, 9.17) is 9.78 Å². The molecule has 0 aromatic rings. The SMILES string of the molecule is CC(C)CC(C(C)C1OO1)(C(C)(C)C)C(C)(C)C. The van der Waals surface area contributed by atoms with E-state index in [0.717, 1.165) is 0 Å².